The van der Waals surface area contributed by atoms with Crippen LogP contribution in [0.1, 0.15) is 32.6 Å². The molecule has 1 fully saturated rings. The molecule has 1 atom stereocenters. The Kier molecular flexibility index (Phi) is 6.37. The van der Waals surface area contributed by atoms with Gasteiger partial charge in [-0.2, -0.15) is 0 Å². The molecule has 0 saturated carbocycles. The van der Waals surface area contributed by atoms with Crippen LogP contribution in [-0.2, 0) is 16.1 Å². The lowest BCUT2D eigenvalue weighted by Gasteiger charge is -2.23. The van der Waals surface area contributed by atoms with Crippen LogP contribution in [0.5, 0.6) is 0 Å². The first-order valence-corrected chi connectivity index (χ1v) is 9.98. The molecule has 0 bridgehead atoms. The maximum Gasteiger partial charge on any atom is 0.235 e. The number of aromatic nitrogens is 2. The lowest BCUT2D eigenvalue weighted by molar-refractivity contribution is -0.130. The van der Waals surface area contributed by atoms with Crippen molar-refractivity contribution in [2.45, 2.75) is 49.6 Å². The van der Waals surface area contributed by atoms with Gasteiger partial charge in [-0.05, 0) is 31.9 Å². The van der Waals surface area contributed by atoms with Gasteiger partial charge in [-0.3, -0.25) is 4.79 Å². The summed E-state index contributed by atoms with van der Waals surface area (Å²) in [7, 11) is 1.71. The van der Waals surface area contributed by atoms with Crippen molar-refractivity contribution < 1.29 is 9.53 Å². The molecule has 1 aliphatic heterocycles. The number of amides is 1. The molecule has 1 aromatic heterocycles. The van der Waals surface area contributed by atoms with Crippen LogP contribution < -0.4 is 0 Å². The van der Waals surface area contributed by atoms with Crippen molar-refractivity contribution in [2.75, 3.05) is 26.8 Å². The highest BCUT2D eigenvalue weighted by atomic mass is 32.2. The van der Waals surface area contributed by atoms with Crippen molar-refractivity contribution in [1.82, 2.24) is 14.5 Å². The largest absolute Gasteiger partial charge is 0.383 e. The number of likely N-dealkylation sites (tertiary alicyclic amines) is 1. The third kappa shape index (κ3) is 4.36. The summed E-state index contributed by atoms with van der Waals surface area (Å²) in [5.41, 5.74) is 2.06. The number of carbonyl (C=O) groups excluding carboxylic acids is 1. The fourth-order valence-corrected chi connectivity index (χ4v) is 4.33. The van der Waals surface area contributed by atoms with Crippen molar-refractivity contribution in [1.29, 1.82) is 0 Å². The van der Waals surface area contributed by atoms with Gasteiger partial charge in [0, 0.05) is 26.7 Å². The molecule has 1 amide bonds. The fraction of sp³-hybridized carbons (Fsp3) is 0.579. The number of benzene rings is 1. The summed E-state index contributed by atoms with van der Waals surface area (Å²) in [6.45, 7) is 5.15. The third-order valence-corrected chi connectivity index (χ3v) is 5.76. The molecule has 1 unspecified atom stereocenters. The van der Waals surface area contributed by atoms with E-state index in [2.05, 4.69) is 10.6 Å². The number of hydrogen-bond donors (Lipinski definition) is 0. The highest BCUT2D eigenvalue weighted by Gasteiger charge is 2.24. The number of rotatable bonds is 6. The van der Waals surface area contributed by atoms with Gasteiger partial charge < -0.3 is 14.2 Å². The zero-order chi connectivity index (χ0) is 17.6. The van der Waals surface area contributed by atoms with Crippen LogP contribution in [0.25, 0.3) is 11.0 Å². The highest BCUT2D eigenvalue weighted by Crippen LogP contribution is 2.28. The quantitative estimate of drug-likeness (QED) is 0.738. The monoisotopic (exact) mass is 361 g/mol. The van der Waals surface area contributed by atoms with Gasteiger partial charge in [-0.25, -0.2) is 4.98 Å². The number of thioether (sulfide) groups is 1. The number of para-hydroxylation sites is 2. The van der Waals surface area contributed by atoms with Gasteiger partial charge in [0.2, 0.25) is 5.91 Å². The van der Waals surface area contributed by atoms with E-state index in [4.69, 9.17) is 9.72 Å². The minimum atomic E-state index is -0.129. The standard InChI is InChI=1S/C19H27N3O2S/c1-15(18(23)21-11-7-3-4-8-12-21)25-19-20-16-9-5-6-10-17(16)22(19)13-14-24-2/h5-6,9-10,15H,3-4,7-8,11-14H2,1-2H3. The Balaban J connectivity index is 1.77. The molecule has 1 saturated heterocycles. The minimum Gasteiger partial charge on any atom is -0.383 e. The first-order valence-electron chi connectivity index (χ1n) is 9.10. The van der Waals surface area contributed by atoms with Gasteiger partial charge in [-0.1, -0.05) is 36.7 Å². The third-order valence-electron chi connectivity index (χ3n) is 4.69. The van der Waals surface area contributed by atoms with E-state index in [1.807, 2.05) is 30.0 Å². The molecule has 6 heteroatoms. The summed E-state index contributed by atoms with van der Waals surface area (Å²) in [6, 6.07) is 8.11. The Hall–Kier alpha value is -1.53. The Labute approximate surface area is 153 Å². The number of imidazole rings is 1. The summed E-state index contributed by atoms with van der Waals surface area (Å²) < 4.78 is 7.41. The average Bonchev–Trinajstić information content (AvgIpc) is 2.79. The Morgan fingerprint density at radius 2 is 1.96 bits per heavy atom. The molecule has 2 aromatic rings. The lowest BCUT2D eigenvalue weighted by atomic mass is 10.2. The maximum atomic E-state index is 12.8. The topological polar surface area (TPSA) is 47.4 Å². The maximum absolute atomic E-state index is 12.8. The molecule has 0 aliphatic carbocycles. The molecule has 0 N–H and O–H groups in total. The average molecular weight is 362 g/mol. The van der Waals surface area contributed by atoms with Gasteiger partial charge in [0.15, 0.2) is 5.16 Å². The minimum absolute atomic E-state index is 0.129. The summed E-state index contributed by atoms with van der Waals surface area (Å²) in [5.74, 6) is 0.234. The van der Waals surface area contributed by atoms with Gasteiger partial charge in [-0.15, -0.1) is 0 Å². The van der Waals surface area contributed by atoms with Crippen LogP contribution >= 0.6 is 11.8 Å². The molecule has 5 nitrogen and oxygen atoms in total. The van der Waals surface area contributed by atoms with Crippen molar-refractivity contribution in [2.24, 2.45) is 0 Å². The number of ether oxygens (including phenoxy) is 1. The van der Waals surface area contributed by atoms with Crippen LogP contribution in [0.2, 0.25) is 0 Å². The van der Waals surface area contributed by atoms with Gasteiger partial charge in [0.1, 0.15) is 0 Å². The second kappa shape index (κ2) is 8.72. The van der Waals surface area contributed by atoms with Crippen LogP contribution in [-0.4, -0.2) is 52.4 Å². The molecule has 0 spiro atoms. The van der Waals surface area contributed by atoms with Gasteiger partial charge in [0.05, 0.1) is 22.9 Å². The molecule has 25 heavy (non-hydrogen) atoms. The Morgan fingerprint density at radius 1 is 1.24 bits per heavy atom. The lowest BCUT2D eigenvalue weighted by Crippen LogP contribution is -2.37. The summed E-state index contributed by atoms with van der Waals surface area (Å²) in [4.78, 5) is 19.6. The molecule has 1 aliphatic rings. The number of nitrogens with zero attached hydrogens (tertiary/aromatic N) is 3. The van der Waals surface area contributed by atoms with E-state index in [1.165, 1.54) is 12.8 Å². The van der Waals surface area contributed by atoms with Crippen LogP contribution in [0.15, 0.2) is 29.4 Å². The van der Waals surface area contributed by atoms with E-state index in [-0.39, 0.29) is 11.2 Å². The number of hydrogen-bond acceptors (Lipinski definition) is 4. The van der Waals surface area contributed by atoms with E-state index in [0.29, 0.717) is 6.61 Å². The second-order valence-corrected chi connectivity index (χ2v) is 7.84. The van der Waals surface area contributed by atoms with Crippen molar-refractivity contribution in [3.63, 3.8) is 0 Å². The first-order chi connectivity index (χ1) is 12.2. The van der Waals surface area contributed by atoms with E-state index >= 15 is 0 Å². The van der Waals surface area contributed by atoms with E-state index < -0.39 is 0 Å². The Bertz CT molecular complexity index is 708. The number of fused-ring (bicyclic) bond motifs is 1. The van der Waals surface area contributed by atoms with Crippen molar-refractivity contribution in [3.05, 3.63) is 24.3 Å². The van der Waals surface area contributed by atoms with Crippen LogP contribution in [0.4, 0.5) is 0 Å². The first kappa shape index (κ1) is 18.3. The molecule has 136 valence electrons. The van der Waals surface area contributed by atoms with Crippen LogP contribution in [0, 0.1) is 0 Å². The molecular formula is C19H27N3O2S. The van der Waals surface area contributed by atoms with Gasteiger partial charge >= 0.3 is 0 Å². The van der Waals surface area contributed by atoms with Crippen molar-refractivity contribution in [3.8, 4) is 0 Å². The Morgan fingerprint density at radius 3 is 2.68 bits per heavy atom. The molecule has 1 aromatic carbocycles. The van der Waals surface area contributed by atoms with E-state index in [9.17, 15) is 4.79 Å². The van der Waals surface area contributed by atoms with Crippen LogP contribution in [0.3, 0.4) is 0 Å². The molecule has 0 radical (unpaired) electrons. The summed E-state index contributed by atoms with van der Waals surface area (Å²) in [6.07, 6.45) is 4.71. The molecular weight excluding hydrogens is 334 g/mol. The summed E-state index contributed by atoms with van der Waals surface area (Å²) >= 11 is 1.56. The zero-order valence-corrected chi connectivity index (χ0v) is 15.9. The SMILES string of the molecule is COCCn1c(SC(C)C(=O)N2CCCCCC2)nc2ccccc21. The van der Waals surface area contributed by atoms with E-state index in [1.54, 1.807) is 18.9 Å². The molecule has 2 heterocycles. The number of methoxy groups -OCH3 is 1. The van der Waals surface area contributed by atoms with E-state index in [0.717, 1.165) is 48.7 Å². The zero-order valence-electron chi connectivity index (χ0n) is 15.1. The number of carbonyl (C=O) groups is 1. The highest BCUT2D eigenvalue weighted by molar-refractivity contribution is 8.00. The smallest absolute Gasteiger partial charge is 0.235 e. The van der Waals surface area contributed by atoms with Crippen molar-refractivity contribution >= 4 is 28.7 Å². The fourth-order valence-electron chi connectivity index (χ4n) is 3.30. The summed E-state index contributed by atoms with van der Waals surface area (Å²) in [5, 5.41) is 0.769. The second-order valence-electron chi connectivity index (χ2n) is 6.53. The van der Waals surface area contributed by atoms with Gasteiger partial charge in [0.25, 0.3) is 0 Å². The predicted molar refractivity (Wildman–Crippen MR) is 102 cm³/mol. The molecule has 3 rings (SSSR count). The predicted octanol–water partition coefficient (Wildman–Crippen LogP) is 3.57. The normalized spacial score (nSPS) is 16.8.